The van der Waals surface area contributed by atoms with E-state index < -0.39 is 0 Å². The standard InChI is InChI=1S/C40H48N4P2/c1-5-41-39(28-30-46(38-25-16-9-17-26-38)32-31-45(4)37-23-14-8-15-24-37)33(2)42-29-18-27-40(44-36-21-12-7-13-22-36)34(3)43-35-19-10-6-11-20-35/h6-17,19-26H,5,18,27-32H2,1-4H3/b41-39+,42-33+,43-34+,44-40+. The Bertz CT molecular complexity index is 1570. The van der Waals surface area contributed by atoms with Gasteiger partial charge in [0.2, 0.25) is 0 Å². The predicted octanol–water partition coefficient (Wildman–Crippen LogP) is 9.89. The average Bonchev–Trinajstić information content (AvgIpc) is 3.10. The van der Waals surface area contributed by atoms with E-state index in [0.29, 0.717) is 0 Å². The van der Waals surface area contributed by atoms with Crippen molar-refractivity contribution in [1.29, 1.82) is 0 Å². The largest absolute Gasteiger partial charge is 0.288 e. The second kappa shape index (κ2) is 19.8. The van der Waals surface area contributed by atoms with E-state index in [1.165, 1.54) is 22.9 Å². The van der Waals surface area contributed by atoms with Crippen LogP contribution >= 0.6 is 15.8 Å². The second-order valence-corrected chi connectivity index (χ2v) is 16.1. The molecule has 2 unspecified atom stereocenters. The number of para-hydroxylation sites is 2. The van der Waals surface area contributed by atoms with E-state index >= 15 is 0 Å². The van der Waals surface area contributed by atoms with E-state index in [4.69, 9.17) is 20.0 Å². The van der Waals surface area contributed by atoms with Crippen molar-refractivity contribution in [3.8, 4) is 0 Å². The van der Waals surface area contributed by atoms with Gasteiger partial charge in [0, 0.05) is 13.1 Å². The highest BCUT2D eigenvalue weighted by Crippen LogP contribution is 2.40. The molecule has 0 aliphatic rings. The molecule has 6 heteroatoms. The van der Waals surface area contributed by atoms with Crippen LogP contribution in [0.1, 0.15) is 40.0 Å². The van der Waals surface area contributed by atoms with Gasteiger partial charge in [-0.05, 0) is 100 Å². The summed E-state index contributed by atoms with van der Waals surface area (Å²) in [5, 5.41) is 2.99. The Balaban J connectivity index is 1.39. The first-order chi connectivity index (χ1) is 22.5. The molecule has 4 rings (SSSR count). The quantitative estimate of drug-likeness (QED) is 0.0623. The highest BCUT2D eigenvalue weighted by atomic mass is 31.1. The zero-order chi connectivity index (χ0) is 32.4. The van der Waals surface area contributed by atoms with Gasteiger partial charge in [0.25, 0.3) is 0 Å². The molecule has 0 heterocycles. The van der Waals surface area contributed by atoms with Crippen molar-refractivity contribution in [3.63, 3.8) is 0 Å². The molecule has 0 amide bonds. The minimum atomic E-state index is -0.273. The molecule has 0 aliphatic carbocycles. The Morgan fingerprint density at radius 1 is 0.543 bits per heavy atom. The van der Waals surface area contributed by atoms with Crippen molar-refractivity contribution in [2.75, 3.05) is 38.2 Å². The van der Waals surface area contributed by atoms with E-state index in [2.05, 4.69) is 88.1 Å². The third-order valence-electron chi connectivity index (χ3n) is 7.82. The molecule has 4 nitrogen and oxygen atoms in total. The monoisotopic (exact) mass is 646 g/mol. The van der Waals surface area contributed by atoms with Crippen molar-refractivity contribution < 1.29 is 0 Å². The van der Waals surface area contributed by atoms with Crippen LogP contribution in [0, 0.1) is 0 Å². The molecule has 0 radical (unpaired) electrons. The van der Waals surface area contributed by atoms with Gasteiger partial charge in [-0.25, -0.2) is 0 Å². The number of nitrogens with zero attached hydrogens (tertiary/aromatic N) is 4. The molecule has 46 heavy (non-hydrogen) atoms. The third kappa shape index (κ3) is 12.0. The van der Waals surface area contributed by atoms with E-state index in [0.717, 1.165) is 72.7 Å². The van der Waals surface area contributed by atoms with Crippen LogP contribution < -0.4 is 10.6 Å². The molecule has 0 fully saturated rings. The summed E-state index contributed by atoms with van der Waals surface area (Å²) in [7, 11) is -0.424. The first-order valence-electron chi connectivity index (χ1n) is 16.4. The van der Waals surface area contributed by atoms with Crippen molar-refractivity contribution in [2.24, 2.45) is 20.0 Å². The summed E-state index contributed by atoms with van der Waals surface area (Å²) >= 11 is 0. The molecule has 4 aromatic carbocycles. The van der Waals surface area contributed by atoms with E-state index in [9.17, 15) is 0 Å². The lowest BCUT2D eigenvalue weighted by molar-refractivity contribution is 0.881. The van der Waals surface area contributed by atoms with Gasteiger partial charge in [-0.15, -0.1) is 0 Å². The zero-order valence-electron chi connectivity index (χ0n) is 27.9. The van der Waals surface area contributed by atoms with E-state index in [1.807, 2.05) is 60.7 Å². The number of hydrogen-bond acceptors (Lipinski definition) is 4. The van der Waals surface area contributed by atoms with Gasteiger partial charge in [0.1, 0.15) is 0 Å². The van der Waals surface area contributed by atoms with Crippen molar-refractivity contribution >= 4 is 60.7 Å². The number of rotatable bonds is 17. The summed E-state index contributed by atoms with van der Waals surface area (Å²) in [5.41, 5.74) is 6.08. The Labute approximate surface area is 279 Å². The van der Waals surface area contributed by atoms with Gasteiger partial charge in [0.05, 0.1) is 34.2 Å². The maximum absolute atomic E-state index is 5.03. The smallest absolute Gasteiger partial charge is 0.0633 e. The van der Waals surface area contributed by atoms with Gasteiger partial charge in [-0.1, -0.05) is 113 Å². The van der Waals surface area contributed by atoms with Crippen LogP contribution in [0.5, 0.6) is 0 Å². The molecular weight excluding hydrogens is 598 g/mol. The van der Waals surface area contributed by atoms with Gasteiger partial charge < -0.3 is 0 Å². The fraction of sp³-hybridized carbons (Fsp3) is 0.300. The maximum atomic E-state index is 5.03. The molecule has 0 aromatic heterocycles. The van der Waals surface area contributed by atoms with Crippen LogP contribution in [0.25, 0.3) is 0 Å². The number of benzene rings is 4. The predicted molar refractivity (Wildman–Crippen MR) is 209 cm³/mol. The zero-order valence-corrected chi connectivity index (χ0v) is 29.7. The van der Waals surface area contributed by atoms with Crippen LogP contribution in [0.2, 0.25) is 0 Å². The molecular formula is C40H48N4P2. The highest BCUT2D eigenvalue weighted by Gasteiger charge is 2.16. The fourth-order valence-electron chi connectivity index (χ4n) is 5.22. The van der Waals surface area contributed by atoms with Crippen LogP contribution in [0.3, 0.4) is 0 Å². The summed E-state index contributed by atoms with van der Waals surface area (Å²) in [6, 6.07) is 42.4. The summed E-state index contributed by atoms with van der Waals surface area (Å²) in [4.78, 5) is 19.8. The second-order valence-electron chi connectivity index (χ2n) is 11.2. The summed E-state index contributed by atoms with van der Waals surface area (Å²) < 4.78 is 0. The first-order valence-corrected chi connectivity index (χ1v) is 20.1. The number of aliphatic imine (C=N–C) groups is 4. The van der Waals surface area contributed by atoms with Gasteiger partial charge in [0.15, 0.2) is 0 Å². The SMILES string of the molecule is CC/N=C(CCP(CCP(C)c1ccccc1)c1ccccc1)/C(C)=N/CCCC(=N\c1ccccc1)/C(C)=N/c1ccccc1. The van der Waals surface area contributed by atoms with Crippen LogP contribution in [0.4, 0.5) is 11.4 Å². The average molecular weight is 647 g/mol. The van der Waals surface area contributed by atoms with Crippen LogP contribution in [-0.2, 0) is 0 Å². The Kier molecular flexibility index (Phi) is 15.2. The van der Waals surface area contributed by atoms with Gasteiger partial charge in [-0.3, -0.25) is 20.0 Å². The number of hydrogen-bond donors (Lipinski definition) is 0. The lowest BCUT2D eigenvalue weighted by atomic mass is 10.1. The first kappa shape index (κ1) is 35.3. The molecule has 238 valence electrons. The third-order valence-corrected chi connectivity index (χ3v) is 12.8. The molecule has 4 aromatic rings. The van der Waals surface area contributed by atoms with Crippen molar-refractivity contribution in [2.45, 2.75) is 40.0 Å². The molecule has 2 atom stereocenters. The summed E-state index contributed by atoms with van der Waals surface area (Å²) in [6.07, 6.45) is 6.34. The molecule has 0 spiro atoms. The normalized spacial score (nSPS) is 14.3. The molecule has 0 bridgehead atoms. The summed E-state index contributed by atoms with van der Waals surface area (Å²) in [5.74, 6) is 0. The summed E-state index contributed by atoms with van der Waals surface area (Å²) in [6.45, 7) is 10.3. The molecule has 0 aliphatic heterocycles. The molecule has 0 saturated heterocycles. The topological polar surface area (TPSA) is 49.4 Å². The highest BCUT2D eigenvalue weighted by molar-refractivity contribution is 7.69. The molecule has 0 N–H and O–H groups in total. The minimum absolute atomic E-state index is 0.151. The Hall–Kier alpha value is -3.58. The van der Waals surface area contributed by atoms with Crippen molar-refractivity contribution in [1.82, 2.24) is 0 Å². The van der Waals surface area contributed by atoms with Crippen LogP contribution in [-0.4, -0.2) is 61.1 Å². The lowest BCUT2D eigenvalue weighted by Gasteiger charge is -2.21. The van der Waals surface area contributed by atoms with E-state index in [-0.39, 0.29) is 15.8 Å². The maximum Gasteiger partial charge on any atom is 0.0633 e. The molecule has 0 saturated carbocycles. The van der Waals surface area contributed by atoms with Gasteiger partial charge >= 0.3 is 0 Å². The van der Waals surface area contributed by atoms with Crippen LogP contribution in [0.15, 0.2) is 141 Å². The Morgan fingerprint density at radius 2 is 1.09 bits per heavy atom. The minimum Gasteiger partial charge on any atom is -0.288 e. The lowest BCUT2D eigenvalue weighted by Crippen LogP contribution is -2.17. The fourth-order valence-corrected chi connectivity index (χ4v) is 10.1. The van der Waals surface area contributed by atoms with Gasteiger partial charge in [-0.2, -0.15) is 0 Å². The Morgan fingerprint density at radius 3 is 1.67 bits per heavy atom. The van der Waals surface area contributed by atoms with E-state index in [1.54, 1.807) is 0 Å². The van der Waals surface area contributed by atoms with Crippen molar-refractivity contribution in [3.05, 3.63) is 121 Å².